The Morgan fingerprint density at radius 1 is 1.26 bits per heavy atom. The lowest BCUT2D eigenvalue weighted by atomic mass is 9.97. The molecule has 0 fully saturated rings. The fourth-order valence-corrected chi connectivity index (χ4v) is 4.24. The molecule has 2 atom stereocenters. The van der Waals surface area contributed by atoms with Gasteiger partial charge in [-0.05, 0) is 57.9 Å². The van der Waals surface area contributed by atoms with Crippen molar-refractivity contribution in [3.63, 3.8) is 0 Å². The summed E-state index contributed by atoms with van der Waals surface area (Å²) in [6, 6.07) is 5.16. The number of carbonyl (C=O) groups is 2. The number of carboxylic acid groups (broad SMARTS) is 1. The standard InChI is InChI=1S/C24H30FNO4S/c1-5-6-18(27)12-14-26(22(28)16-7-9-17(25)10-8-16)20-15-19(11-13-24(2,3)4)31-21(20)23(29)30/h7-10,18-19,27H,5-6,12,14-15H2,1-4H3,(H,29,30). The van der Waals surface area contributed by atoms with Crippen LogP contribution in [0.1, 0.15) is 63.7 Å². The number of hydrogen-bond acceptors (Lipinski definition) is 4. The maximum atomic E-state index is 13.3. The molecule has 2 N–H and O–H groups in total. The molecule has 0 spiro atoms. The number of aliphatic hydroxyl groups excluding tert-OH is 1. The van der Waals surface area contributed by atoms with Crippen molar-refractivity contribution in [2.24, 2.45) is 5.41 Å². The maximum absolute atomic E-state index is 13.3. The molecule has 1 aromatic rings. The van der Waals surface area contributed by atoms with Crippen LogP contribution in [0.15, 0.2) is 34.9 Å². The Morgan fingerprint density at radius 2 is 1.90 bits per heavy atom. The summed E-state index contributed by atoms with van der Waals surface area (Å²) >= 11 is 1.15. The summed E-state index contributed by atoms with van der Waals surface area (Å²) in [5.74, 6) is 4.30. The number of amides is 1. The summed E-state index contributed by atoms with van der Waals surface area (Å²) in [4.78, 5) is 26.7. The first-order valence-corrected chi connectivity index (χ1v) is 11.3. The van der Waals surface area contributed by atoms with Crippen molar-refractivity contribution in [1.82, 2.24) is 4.90 Å². The van der Waals surface area contributed by atoms with Gasteiger partial charge < -0.3 is 15.1 Å². The number of aliphatic carboxylic acids is 1. The van der Waals surface area contributed by atoms with Gasteiger partial charge in [0.2, 0.25) is 0 Å². The van der Waals surface area contributed by atoms with Crippen LogP contribution in [-0.2, 0) is 4.79 Å². The Kier molecular flexibility index (Phi) is 8.72. The van der Waals surface area contributed by atoms with Crippen LogP contribution in [-0.4, -0.2) is 44.9 Å². The van der Waals surface area contributed by atoms with E-state index < -0.39 is 23.8 Å². The number of allylic oxidation sites excluding steroid dienone is 1. The van der Waals surface area contributed by atoms with Crippen LogP contribution in [0.3, 0.4) is 0 Å². The van der Waals surface area contributed by atoms with Crippen molar-refractivity contribution in [2.45, 2.75) is 64.7 Å². The third-order valence-corrected chi connectivity index (χ3v) is 5.89. The molecule has 31 heavy (non-hydrogen) atoms. The predicted octanol–water partition coefficient (Wildman–Crippen LogP) is 4.67. The highest BCUT2D eigenvalue weighted by Gasteiger charge is 2.34. The second-order valence-corrected chi connectivity index (χ2v) is 9.82. The highest BCUT2D eigenvalue weighted by molar-refractivity contribution is 8.05. The van der Waals surface area contributed by atoms with Gasteiger partial charge >= 0.3 is 5.97 Å². The molecule has 0 aliphatic carbocycles. The molecule has 1 aliphatic heterocycles. The number of carbonyl (C=O) groups excluding carboxylic acids is 1. The van der Waals surface area contributed by atoms with Crippen LogP contribution < -0.4 is 0 Å². The van der Waals surface area contributed by atoms with Gasteiger partial charge in [-0.2, -0.15) is 0 Å². The van der Waals surface area contributed by atoms with Gasteiger partial charge in [0.25, 0.3) is 5.91 Å². The quantitative estimate of drug-likeness (QED) is 0.566. The molecule has 0 bridgehead atoms. The molecule has 1 heterocycles. The number of halogens is 1. The van der Waals surface area contributed by atoms with Crippen LogP contribution in [0.2, 0.25) is 0 Å². The SMILES string of the molecule is CCCC(O)CCN(C(=O)c1ccc(F)cc1)C1=C(C(=O)O)SC(C#CC(C)(C)C)C1. The van der Waals surface area contributed by atoms with Crippen molar-refractivity contribution in [1.29, 1.82) is 0 Å². The second kappa shape index (κ2) is 10.8. The van der Waals surface area contributed by atoms with Crippen molar-refractivity contribution in [3.05, 3.63) is 46.2 Å². The topological polar surface area (TPSA) is 77.8 Å². The summed E-state index contributed by atoms with van der Waals surface area (Å²) in [6.45, 7) is 8.06. The molecule has 0 radical (unpaired) electrons. The molecular formula is C24H30FNO4S. The molecule has 1 aliphatic rings. The molecule has 2 rings (SSSR count). The molecular weight excluding hydrogens is 417 g/mol. The number of nitrogens with zero attached hydrogens (tertiary/aromatic N) is 1. The maximum Gasteiger partial charge on any atom is 0.344 e. The molecule has 1 amide bonds. The summed E-state index contributed by atoms with van der Waals surface area (Å²) in [5.41, 5.74) is 0.433. The summed E-state index contributed by atoms with van der Waals surface area (Å²) in [7, 11) is 0. The van der Waals surface area contributed by atoms with Gasteiger partial charge in [-0.3, -0.25) is 4.79 Å². The minimum absolute atomic E-state index is 0.0913. The van der Waals surface area contributed by atoms with Gasteiger partial charge in [0.05, 0.1) is 11.4 Å². The van der Waals surface area contributed by atoms with E-state index in [2.05, 4.69) is 11.8 Å². The molecule has 168 valence electrons. The molecule has 0 aromatic heterocycles. The van der Waals surface area contributed by atoms with E-state index in [9.17, 15) is 24.2 Å². The van der Waals surface area contributed by atoms with Gasteiger partial charge in [0.15, 0.2) is 0 Å². The number of aliphatic hydroxyl groups is 1. The van der Waals surface area contributed by atoms with Gasteiger partial charge in [-0.15, -0.1) is 0 Å². The molecule has 2 unspecified atom stereocenters. The second-order valence-electron chi connectivity index (χ2n) is 8.61. The smallest absolute Gasteiger partial charge is 0.344 e. The predicted molar refractivity (Wildman–Crippen MR) is 121 cm³/mol. The van der Waals surface area contributed by atoms with Crippen LogP contribution in [0.25, 0.3) is 0 Å². The zero-order valence-electron chi connectivity index (χ0n) is 18.4. The highest BCUT2D eigenvalue weighted by atomic mass is 32.2. The Bertz CT molecular complexity index is 893. The lowest BCUT2D eigenvalue weighted by Crippen LogP contribution is -2.34. The van der Waals surface area contributed by atoms with Crippen LogP contribution in [0, 0.1) is 23.1 Å². The first kappa shape index (κ1) is 25.0. The Labute approximate surface area is 187 Å². The highest BCUT2D eigenvalue weighted by Crippen LogP contribution is 2.40. The van der Waals surface area contributed by atoms with Crippen molar-refractivity contribution in [3.8, 4) is 11.8 Å². The molecule has 7 heteroatoms. The Morgan fingerprint density at radius 3 is 2.45 bits per heavy atom. The number of benzene rings is 1. The van der Waals surface area contributed by atoms with Crippen LogP contribution in [0.4, 0.5) is 4.39 Å². The fourth-order valence-electron chi connectivity index (χ4n) is 3.17. The summed E-state index contributed by atoms with van der Waals surface area (Å²) in [5, 5.41) is 19.7. The fraction of sp³-hybridized carbons (Fsp3) is 0.500. The number of rotatable bonds is 8. The average Bonchev–Trinajstić information content (AvgIpc) is 3.11. The van der Waals surface area contributed by atoms with Gasteiger partial charge in [0, 0.05) is 29.6 Å². The van der Waals surface area contributed by atoms with E-state index in [0.717, 1.165) is 18.2 Å². The van der Waals surface area contributed by atoms with Crippen molar-refractivity contribution < 1.29 is 24.2 Å². The zero-order valence-corrected chi connectivity index (χ0v) is 19.3. The van der Waals surface area contributed by atoms with E-state index in [0.29, 0.717) is 25.0 Å². The van der Waals surface area contributed by atoms with E-state index in [1.807, 2.05) is 27.7 Å². The van der Waals surface area contributed by atoms with Crippen molar-refractivity contribution >= 4 is 23.6 Å². The minimum Gasteiger partial charge on any atom is -0.477 e. The third-order valence-electron chi connectivity index (χ3n) is 4.67. The van der Waals surface area contributed by atoms with E-state index in [1.165, 1.54) is 29.2 Å². The number of thioether (sulfide) groups is 1. The first-order chi connectivity index (χ1) is 14.5. The third kappa shape index (κ3) is 7.41. The summed E-state index contributed by atoms with van der Waals surface area (Å²) in [6.07, 6.45) is 1.44. The molecule has 1 aromatic carbocycles. The van der Waals surface area contributed by atoms with E-state index in [1.54, 1.807) is 0 Å². The van der Waals surface area contributed by atoms with E-state index in [4.69, 9.17) is 0 Å². The van der Waals surface area contributed by atoms with Gasteiger partial charge in [0.1, 0.15) is 10.7 Å². The number of hydrogen-bond donors (Lipinski definition) is 2. The molecule has 0 saturated heterocycles. The normalized spacial score (nSPS) is 17.2. The van der Waals surface area contributed by atoms with Crippen LogP contribution >= 0.6 is 11.8 Å². The van der Waals surface area contributed by atoms with Gasteiger partial charge in [-0.1, -0.05) is 36.9 Å². The Balaban J connectivity index is 2.37. The van der Waals surface area contributed by atoms with Gasteiger partial charge in [-0.25, -0.2) is 9.18 Å². The van der Waals surface area contributed by atoms with Crippen LogP contribution in [0.5, 0.6) is 0 Å². The van der Waals surface area contributed by atoms with E-state index >= 15 is 0 Å². The van der Waals surface area contributed by atoms with Crippen molar-refractivity contribution in [2.75, 3.05) is 6.54 Å². The lowest BCUT2D eigenvalue weighted by Gasteiger charge is -2.26. The average molecular weight is 448 g/mol. The van der Waals surface area contributed by atoms with E-state index in [-0.39, 0.29) is 27.7 Å². The first-order valence-electron chi connectivity index (χ1n) is 10.4. The Hall–Kier alpha value is -2.30. The zero-order chi connectivity index (χ0) is 23.2. The number of carboxylic acids is 1. The lowest BCUT2D eigenvalue weighted by molar-refractivity contribution is -0.131. The largest absolute Gasteiger partial charge is 0.477 e. The molecule has 5 nitrogen and oxygen atoms in total. The summed E-state index contributed by atoms with van der Waals surface area (Å²) < 4.78 is 13.3. The molecule has 0 saturated carbocycles. The minimum atomic E-state index is -1.11. The monoisotopic (exact) mass is 447 g/mol.